The standard InChI is InChI=1S/C3H3N3O.Na/c7-3-1-5-6-2-4-3;/h1-2H,(H,4,6,7);. The molecule has 8 heavy (non-hydrogen) atoms. The zero-order valence-electron chi connectivity index (χ0n) is 4.46. The van der Waals surface area contributed by atoms with E-state index in [1.165, 1.54) is 6.33 Å². The third kappa shape index (κ3) is 2.20. The predicted molar refractivity (Wildman–Crippen MR) is 28.4 cm³/mol. The van der Waals surface area contributed by atoms with Crippen molar-refractivity contribution in [2.24, 2.45) is 0 Å². The number of hydrogen-bond donors (Lipinski definition) is 1. The molecule has 0 amide bonds. The van der Waals surface area contributed by atoms with E-state index in [1.807, 2.05) is 0 Å². The first-order chi connectivity index (χ1) is 3.39. The SMILES string of the molecule is O=c1cnnc[nH]1.[Na]. The van der Waals surface area contributed by atoms with Crippen LogP contribution < -0.4 is 5.56 Å². The molecule has 0 aliphatic carbocycles. The third-order valence-electron chi connectivity index (χ3n) is 0.506. The van der Waals surface area contributed by atoms with Crippen LogP contribution in [0.1, 0.15) is 0 Å². The Morgan fingerprint density at radius 2 is 2.25 bits per heavy atom. The molecule has 5 heteroatoms. The van der Waals surface area contributed by atoms with Crippen LogP contribution in [0.15, 0.2) is 17.3 Å². The fourth-order valence-electron chi connectivity index (χ4n) is 0.249. The Kier molecular flexibility index (Phi) is 3.68. The molecule has 0 saturated carbocycles. The summed E-state index contributed by atoms with van der Waals surface area (Å²) >= 11 is 0. The molecule has 0 fully saturated rings. The number of rotatable bonds is 0. The Hall–Kier alpha value is -0.190. The predicted octanol–water partition coefficient (Wildman–Crippen LogP) is -1.22. The summed E-state index contributed by atoms with van der Waals surface area (Å²) in [5.74, 6) is 0. The maximum absolute atomic E-state index is 10.1. The zero-order valence-corrected chi connectivity index (χ0v) is 6.46. The normalized spacial score (nSPS) is 7.50. The molecule has 1 rings (SSSR count). The van der Waals surface area contributed by atoms with Gasteiger partial charge in [-0.1, -0.05) is 0 Å². The smallest absolute Gasteiger partial charge is 0.269 e. The van der Waals surface area contributed by atoms with E-state index in [9.17, 15) is 4.79 Å². The molecule has 0 atom stereocenters. The Bertz CT molecular complexity index is 180. The number of aromatic nitrogens is 3. The molecule has 1 aromatic rings. The summed E-state index contributed by atoms with van der Waals surface area (Å²) in [6, 6.07) is 0. The maximum Gasteiger partial charge on any atom is 0.269 e. The van der Waals surface area contributed by atoms with Crippen LogP contribution in [0.3, 0.4) is 0 Å². The Morgan fingerprint density at radius 1 is 1.50 bits per heavy atom. The van der Waals surface area contributed by atoms with E-state index in [1.54, 1.807) is 0 Å². The van der Waals surface area contributed by atoms with Gasteiger partial charge < -0.3 is 4.98 Å². The average molecular weight is 120 g/mol. The summed E-state index contributed by atoms with van der Waals surface area (Å²) in [7, 11) is 0. The van der Waals surface area contributed by atoms with Gasteiger partial charge in [0.15, 0.2) is 0 Å². The second-order valence-corrected chi connectivity index (χ2v) is 0.998. The van der Waals surface area contributed by atoms with Crippen molar-refractivity contribution in [1.29, 1.82) is 0 Å². The van der Waals surface area contributed by atoms with Gasteiger partial charge in [0.1, 0.15) is 12.5 Å². The van der Waals surface area contributed by atoms with Crippen LogP contribution in [-0.2, 0) is 0 Å². The van der Waals surface area contributed by atoms with Crippen LogP contribution in [0.4, 0.5) is 0 Å². The third-order valence-corrected chi connectivity index (χ3v) is 0.506. The van der Waals surface area contributed by atoms with E-state index in [0.717, 1.165) is 6.20 Å². The first kappa shape index (κ1) is 7.81. The second kappa shape index (κ2) is 3.77. The number of nitrogens with one attached hydrogen (secondary N) is 1. The monoisotopic (exact) mass is 120 g/mol. The summed E-state index contributed by atoms with van der Waals surface area (Å²) in [5, 5.41) is 6.63. The minimum Gasteiger partial charge on any atom is -0.310 e. The fourth-order valence-corrected chi connectivity index (χ4v) is 0.249. The molecule has 1 N–H and O–H groups in total. The van der Waals surface area contributed by atoms with E-state index in [-0.39, 0.29) is 35.1 Å². The van der Waals surface area contributed by atoms with Crippen molar-refractivity contribution in [2.45, 2.75) is 0 Å². The van der Waals surface area contributed by atoms with Crippen molar-refractivity contribution in [3.05, 3.63) is 22.9 Å². The van der Waals surface area contributed by atoms with Gasteiger partial charge in [0, 0.05) is 29.6 Å². The number of H-pyrrole nitrogens is 1. The minimum absolute atomic E-state index is 0. The fraction of sp³-hybridized carbons (Fsp3) is 0. The molecule has 0 aliphatic rings. The summed E-state index contributed by atoms with van der Waals surface area (Å²) < 4.78 is 0. The molecule has 0 spiro atoms. The summed E-state index contributed by atoms with van der Waals surface area (Å²) in [6.45, 7) is 0. The Morgan fingerprint density at radius 3 is 2.50 bits per heavy atom. The van der Waals surface area contributed by atoms with Gasteiger partial charge in [0.25, 0.3) is 5.56 Å². The first-order valence-electron chi connectivity index (χ1n) is 1.75. The molecule has 0 aliphatic heterocycles. The van der Waals surface area contributed by atoms with E-state index in [2.05, 4.69) is 15.2 Å². The molecule has 0 bridgehead atoms. The summed E-state index contributed by atoms with van der Waals surface area (Å²) in [6.07, 6.45) is 2.35. The van der Waals surface area contributed by atoms with E-state index in [0.29, 0.717) is 0 Å². The van der Waals surface area contributed by atoms with E-state index < -0.39 is 0 Å². The van der Waals surface area contributed by atoms with Crippen molar-refractivity contribution in [3.63, 3.8) is 0 Å². The minimum atomic E-state index is -0.227. The quantitative estimate of drug-likeness (QED) is 0.437. The summed E-state index contributed by atoms with van der Waals surface area (Å²) in [5.41, 5.74) is -0.227. The molecule has 1 radical (unpaired) electrons. The molecule has 37 valence electrons. The van der Waals surface area contributed by atoms with Gasteiger partial charge in [-0.3, -0.25) is 4.79 Å². The molecular weight excluding hydrogens is 117 g/mol. The Labute approximate surface area is 67.6 Å². The molecule has 0 aromatic carbocycles. The average Bonchev–Trinajstić information content (AvgIpc) is 1.69. The van der Waals surface area contributed by atoms with Crippen LogP contribution in [0, 0.1) is 0 Å². The van der Waals surface area contributed by atoms with Crippen LogP contribution in [0.2, 0.25) is 0 Å². The topological polar surface area (TPSA) is 58.6 Å². The van der Waals surface area contributed by atoms with Crippen molar-refractivity contribution in [2.75, 3.05) is 0 Å². The van der Waals surface area contributed by atoms with Gasteiger partial charge in [-0.05, 0) is 0 Å². The first-order valence-corrected chi connectivity index (χ1v) is 1.75. The van der Waals surface area contributed by atoms with Crippen LogP contribution in [0.25, 0.3) is 0 Å². The van der Waals surface area contributed by atoms with Gasteiger partial charge in [-0.2, -0.15) is 5.10 Å². The second-order valence-electron chi connectivity index (χ2n) is 0.998. The van der Waals surface area contributed by atoms with Crippen LogP contribution in [-0.4, -0.2) is 44.7 Å². The van der Waals surface area contributed by atoms with Crippen LogP contribution in [0.5, 0.6) is 0 Å². The number of hydrogen-bond acceptors (Lipinski definition) is 3. The molecule has 0 saturated heterocycles. The molecule has 0 unspecified atom stereocenters. The van der Waals surface area contributed by atoms with Gasteiger partial charge in [-0.25, -0.2) is 0 Å². The zero-order chi connectivity index (χ0) is 5.11. The van der Waals surface area contributed by atoms with E-state index >= 15 is 0 Å². The number of aromatic amines is 1. The van der Waals surface area contributed by atoms with Crippen molar-refractivity contribution < 1.29 is 0 Å². The largest absolute Gasteiger partial charge is 0.310 e. The molecule has 1 heterocycles. The molecule has 1 aromatic heterocycles. The van der Waals surface area contributed by atoms with Gasteiger partial charge >= 0.3 is 0 Å². The summed E-state index contributed by atoms with van der Waals surface area (Å²) in [4.78, 5) is 12.4. The van der Waals surface area contributed by atoms with Crippen molar-refractivity contribution in [1.82, 2.24) is 15.2 Å². The molecule has 4 nitrogen and oxygen atoms in total. The van der Waals surface area contributed by atoms with Gasteiger partial charge in [0.05, 0.1) is 0 Å². The van der Waals surface area contributed by atoms with Crippen molar-refractivity contribution >= 4 is 29.6 Å². The maximum atomic E-state index is 10.1. The van der Waals surface area contributed by atoms with Gasteiger partial charge in [0.2, 0.25) is 0 Å². The Balaban J connectivity index is 0.000000490. The number of nitrogens with zero attached hydrogens (tertiary/aromatic N) is 2. The van der Waals surface area contributed by atoms with E-state index in [4.69, 9.17) is 0 Å². The van der Waals surface area contributed by atoms with Crippen molar-refractivity contribution in [3.8, 4) is 0 Å². The van der Waals surface area contributed by atoms with Crippen LogP contribution >= 0.6 is 0 Å². The molecular formula is C3H3N3NaO. The van der Waals surface area contributed by atoms with Gasteiger partial charge in [-0.15, -0.1) is 5.10 Å².